The predicted octanol–water partition coefficient (Wildman–Crippen LogP) is 0.291. The Morgan fingerprint density at radius 2 is 2.00 bits per heavy atom. The van der Waals surface area contributed by atoms with Gasteiger partial charge in [0.25, 0.3) is 0 Å². The van der Waals surface area contributed by atoms with Gasteiger partial charge >= 0.3 is 0 Å². The molecule has 86 valence electrons. The minimum Gasteiger partial charge on any atom is -0.359 e. The van der Waals surface area contributed by atoms with Crippen molar-refractivity contribution in [3.63, 3.8) is 0 Å². The molecule has 2 spiro atoms. The van der Waals surface area contributed by atoms with Crippen LogP contribution in [-0.4, -0.2) is 38.8 Å². The van der Waals surface area contributed by atoms with Crippen LogP contribution < -0.4 is 5.32 Å². The highest BCUT2D eigenvalue weighted by Crippen LogP contribution is 2.45. The van der Waals surface area contributed by atoms with Gasteiger partial charge in [-0.05, 0) is 12.8 Å². The summed E-state index contributed by atoms with van der Waals surface area (Å²) in [5, 5.41) is 3.34. The Bertz CT molecular complexity index is 362. The Morgan fingerprint density at radius 3 is 2.40 bits per heavy atom. The van der Waals surface area contributed by atoms with Gasteiger partial charge < -0.3 is 4.74 Å². The number of rotatable bonds is 0. The highest BCUT2D eigenvalue weighted by atomic mass is 32.2. The summed E-state index contributed by atoms with van der Waals surface area (Å²) in [6.07, 6.45) is 4.35. The van der Waals surface area contributed by atoms with Gasteiger partial charge in [0.2, 0.25) is 0 Å². The molecule has 2 saturated heterocycles. The number of hydrogen-bond donors (Lipinski definition) is 1. The van der Waals surface area contributed by atoms with Crippen LogP contribution in [0.1, 0.15) is 25.7 Å². The van der Waals surface area contributed by atoms with Gasteiger partial charge in [-0.15, -0.1) is 0 Å². The molecule has 1 N–H and O–H groups in total. The van der Waals surface area contributed by atoms with Gasteiger partial charge in [-0.1, -0.05) is 6.42 Å². The first-order valence-corrected chi connectivity index (χ1v) is 7.45. The van der Waals surface area contributed by atoms with E-state index in [2.05, 4.69) is 5.32 Å². The standard InChI is InChI=1S/C10H17NO3S/c12-15(13)5-4-10(8-15)11-6-9(7-14-10)2-1-3-9/h11H,1-8H2. The normalized spacial score (nSPS) is 41.9. The first-order valence-electron chi connectivity index (χ1n) is 5.63. The van der Waals surface area contributed by atoms with Gasteiger partial charge in [0, 0.05) is 18.4 Å². The van der Waals surface area contributed by atoms with Crippen LogP contribution in [0.4, 0.5) is 0 Å². The largest absolute Gasteiger partial charge is 0.359 e. The molecule has 0 bridgehead atoms. The average molecular weight is 231 g/mol. The minimum atomic E-state index is -2.87. The van der Waals surface area contributed by atoms with Crippen molar-refractivity contribution in [1.29, 1.82) is 0 Å². The highest BCUT2D eigenvalue weighted by molar-refractivity contribution is 7.91. The van der Waals surface area contributed by atoms with Gasteiger partial charge in [0.1, 0.15) is 5.72 Å². The van der Waals surface area contributed by atoms with Crippen molar-refractivity contribution in [1.82, 2.24) is 5.32 Å². The summed E-state index contributed by atoms with van der Waals surface area (Å²) < 4.78 is 28.7. The maximum Gasteiger partial charge on any atom is 0.154 e. The molecule has 0 radical (unpaired) electrons. The van der Waals surface area contributed by atoms with Crippen molar-refractivity contribution < 1.29 is 13.2 Å². The topological polar surface area (TPSA) is 55.4 Å². The van der Waals surface area contributed by atoms with E-state index < -0.39 is 15.6 Å². The number of ether oxygens (including phenoxy) is 1. The zero-order valence-corrected chi connectivity index (χ0v) is 9.61. The number of sulfone groups is 1. The molecule has 0 aromatic heterocycles. The Labute approximate surface area is 90.3 Å². The van der Waals surface area contributed by atoms with E-state index in [1.165, 1.54) is 19.3 Å². The van der Waals surface area contributed by atoms with Crippen molar-refractivity contribution in [2.24, 2.45) is 5.41 Å². The smallest absolute Gasteiger partial charge is 0.154 e. The second-order valence-corrected chi connectivity index (χ2v) is 7.52. The minimum absolute atomic E-state index is 0.163. The van der Waals surface area contributed by atoms with Gasteiger partial charge in [-0.3, -0.25) is 5.32 Å². The summed E-state index contributed by atoms with van der Waals surface area (Å²) in [5.41, 5.74) is -0.211. The van der Waals surface area contributed by atoms with Crippen LogP contribution >= 0.6 is 0 Å². The van der Waals surface area contributed by atoms with Crippen LogP contribution in [0.5, 0.6) is 0 Å². The average Bonchev–Trinajstić information content (AvgIpc) is 2.41. The van der Waals surface area contributed by atoms with Gasteiger partial charge in [0.15, 0.2) is 9.84 Å². The van der Waals surface area contributed by atoms with Gasteiger partial charge in [0.05, 0.1) is 18.1 Å². The molecule has 2 aliphatic heterocycles. The molecule has 0 aromatic carbocycles. The fraction of sp³-hybridized carbons (Fsp3) is 1.00. The van der Waals surface area contributed by atoms with E-state index in [0.29, 0.717) is 11.8 Å². The molecule has 1 unspecified atom stereocenters. The van der Waals surface area contributed by atoms with Crippen LogP contribution in [0.25, 0.3) is 0 Å². The number of nitrogens with one attached hydrogen (secondary N) is 1. The lowest BCUT2D eigenvalue weighted by Gasteiger charge is -2.50. The molecule has 0 amide bonds. The summed E-state index contributed by atoms with van der Waals surface area (Å²) >= 11 is 0. The van der Waals surface area contributed by atoms with E-state index >= 15 is 0 Å². The number of hydrogen-bond acceptors (Lipinski definition) is 4. The third kappa shape index (κ3) is 1.61. The predicted molar refractivity (Wildman–Crippen MR) is 56.2 cm³/mol. The fourth-order valence-electron chi connectivity index (χ4n) is 2.81. The lowest BCUT2D eigenvalue weighted by Crippen LogP contribution is -2.61. The molecule has 3 fully saturated rings. The maximum atomic E-state index is 11.4. The van der Waals surface area contributed by atoms with Gasteiger partial charge in [-0.2, -0.15) is 0 Å². The van der Waals surface area contributed by atoms with E-state index in [1.807, 2.05) is 0 Å². The Hall–Kier alpha value is -0.130. The summed E-state index contributed by atoms with van der Waals surface area (Å²) in [5.74, 6) is 0.434. The second-order valence-electron chi connectivity index (χ2n) is 5.33. The van der Waals surface area contributed by atoms with Crippen molar-refractivity contribution in [2.45, 2.75) is 31.4 Å². The highest BCUT2D eigenvalue weighted by Gasteiger charge is 2.50. The Balaban J connectivity index is 1.71. The van der Waals surface area contributed by atoms with Crippen LogP contribution in [0.15, 0.2) is 0 Å². The molecule has 0 aromatic rings. The SMILES string of the molecule is O=S1(=O)CCC2(C1)NCC1(CCC1)CO2. The van der Waals surface area contributed by atoms with Crippen molar-refractivity contribution in [2.75, 3.05) is 24.7 Å². The lowest BCUT2D eigenvalue weighted by atomic mass is 9.68. The molecule has 15 heavy (non-hydrogen) atoms. The summed E-state index contributed by atoms with van der Waals surface area (Å²) in [4.78, 5) is 0. The Kier molecular flexibility index (Phi) is 1.98. The molecule has 3 aliphatic rings. The third-order valence-corrected chi connectivity index (χ3v) is 5.86. The second kappa shape index (κ2) is 2.96. The molecule has 2 heterocycles. The van der Waals surface area contributed by atoms with Gasteiger partial charge in [-0.25, -0.2) is 8.42 Å². The first kappa shape index (κ1) is 10.1. The fourth-order valence-corrected chi connectivity index (χ4v) is 4.64. The van der Waals surface area contributed by atoms with E-state index in [0.717, 1.165) is 13.2 Å². The van der Waals surface area contributed by atoms with Crippen molar-refractivity contribution in [3.05, 3.63) is 0 Å². The molecule has 1 atom stereocenters. The summed E-state index contributed by atoms with van der Waals surface area (Å²) in [6, 6.07) is 0. The van der Waals surface area contributed by atoms with E-state index in [1.54, 1.807) is 0 Å². The van der Waals surface area contributed by atoms with Crippen LogP contribution in [0, 0.1) is 5.41 Å². The van der Waals surface area contributed by atoms with E-state index in [9.17, 15) is 8.42 Å². The molecule has 1 aliphatic carbocycles. The van der Waals surface area contributed by atoms with E-state index in [-0.39, 0.29) is 11.5 Å². The van der Waals surface area contributed by atoms with Crippen LogP contribution in [0.2, 0.25) is 0 Å². The maximum absolute atomic E-state index is 11.4. The molecular weight excluding hydrogens is 214 g/mol. The van der Waals surface area contributed by atoms with Crippen molar-refractivity contribution in [3.8, 4) is 0 Å². The third-order valence-electron chi connectivity index (χ3n) is 4.12. The quantitative estimate of drug-likeness (QED) is 0.651. The monoisotopic (exact) mass is 231 g/mol. The van der Waals surface area contributed by atoms with Crippen LogP contribution in [-0.2, 0) is 14.6 Å². The molecule has 4 nitrogen and oxygen atoms in total. The van der Waals surface area contributed by atoms with Crippen molar-refractivity contribution >= 4 is 9.84 Å². The molecule has 5 heteroatoms. The summed E-state index contributed by atoms with van der Waals surface area (Å²) in [6.45, 7) is 1.68. The lowest BCUT2D eigenvalue weighted by molar-refractivity contribution is -0.152. The molecular formula is C10H17NO3S. The van der Waals surface area contributed by atoms with E-state index in [4.69, 9.17) is 4.74 Å². The summed E-state index contributed by atoms with van der Waals surface area (Å²) in [7, 11) is -2.87. The first-order chi connectivity index (χ1) is 7.04. The van der Waals surface area contributed by atoms with Crippen LogP contribution in [0.3, 0.4) is 0 Å². The Morgan fingerprint density at radius 1 is 1.20 bits per heavy atom. The molecule has 3 rings (SSSR count). The molecule has 1 saturated carbocycles. The zero-order chi connectivity index (χ0) is 10.6. The zero-order valence-electron chi connectivity index (χ0n) is 8.79.